The number of hydrogen-bond donors (Lipinski definition) is 1. The zero-order valence-electron chi connectivity index (χ0n) is 21.4. The molecule has 6 nitrogen and oxygen atoms in total. The highest BCUT2D eigenvalue weighted by molar-refractivity contribution is 7.17. The topological polar surface area (TPSA) is 70.7 Å². The summed E-state index contributed by atoms with van der Waals surface area (Å²) >= 11 is 1.39. The summed E-state index contributed by atoms with van der Waals surface area (Å²) in [6.07, 6.45) is 11.1. The van der Waals surface area contributed by atoms with Crippen molar-refractivity contribution >= 4 is 28.5 Å². The van der Waals surface area contributed by atoms with Crippen molar-refractivity contribution in [1.82, 2.24) is 19.5 Å². The van der Waals surface area contributed by atoms with Crippen LogP contribution >= 0.6 is 11.3 Å². The first-order chi connectivity index (χ1) is 18.0. The second kappa shape index (κ2) is 9.88. The fourth-order valence-electron chi connectivity index (χ4n) is 5.90. The quantitative estimate of drug-likeness (QED) is 0.318. The number of carboxylic acid groups (broad SMARTS) is 1. The molecule has 0 radical (unpaired) electrons. The Morgan fingerprint density at radius 2 is 1.84 bits per heavy atom. The van der Waals surface area contributed by atoms with E-state index in [1.807, 2.05) is 29.9 Å². The molecular weight excluding hydrogens is 480 g/mol. The maximum Gasteiger partial charge on any atom is 0.346 e. The molecule has 1 saturated carbocycles. The fourth-order valence-corrected chi connectivity index (χ4v) is 6.93. The van der Waals surface area contributed by atoms with Crippen LogP contribution in [0.1, 0.15) is 59.3 Å². The van der Waals surface area contributed by atoms with Gasteiger partial charge in [-0.25, -0.2) is 14.3 Å². The van der Waals surface area contributed by atoms with Crippen molar-refractivity contribution in [2.45, 2.75) is 45.4 Å². The average molecular weight is 513 g/mol. The molecule has 3 aromatic heterocycles. The Morgan fingerprint density at radius 1 is 1.08 bits per heavy atom. The van der Waals surface area contributed by atoms with Crippen LogP contribution in [-0.4, -0.2) is 50.7 Å². The van der Waals surface area contributed by atoms with Gasteiger partial charge in [-0.2, -0.15) is 5.10 Å². The summed E-state index contributed by atoms with van der Waals surface area (Å²) < 4.78 is 1.81. The van der Waals surface area contributed by atoms with Crippen LogP contribution in [0.2, 0.25) is 0 Å². The van der Waals surface area contributed by atoms with E-state index in [4.69, 9.17) is 0 Å². The Labute approximate surface area is 221 Å². The summed E-state index contributed by atoms with van der Waals surface area (Å²) in [7, 11) is 2.18. The normalized spacial score (nSPS) is 17.6. The molecule has 4 heterocycles. The van der Waals surface area contributed by atoms with Crippen molar-refractivity contribution in [3.05, 3.63) is 70.4 Å². The number of hydrogen-bond acceptors (Lipinski definition) is 5. The van der Waals surface area contributed by atoms with Crippen LogP contribution in [0.4, 0.5) is 0 Å². The largest absolute Gasteiger partial charge is 0.477 e. The average Bonchev–Trinajstić information content (AvgIpc) is 3.54. The van der Waals surface area contributed by atoms with Gasteiger partial charge in [-0.1, -0.05) is 43.5 Å². The number of thiophene rings is 1. The molecule has 4 aromatic rings. The fraction of sp³-hybridized carbons (Fsp3) is 0.367. The van der Waals surface area contributed by atoms with Crippen LogP contribution in [0.5, 0.6) is 0 Å². The number of benzene rings is 1. The molecule has 0 unspecified atom stereocenters. The van der Waals surface area contributed by atoms with Gasteiger partial charge in [-0.05, 0) is 67.5 Å². The lowest BCUT2D eigenvalue weighted by molar-refractivity contribution is 0.0702. The van der Waals surface area contributed by atoms with Crippen molar-refractivity contribution in [2.75, 3.05) is 20.1 Å². The second-order valence-corrected chi connectivity index (χ2v) is 11.6. The van der Waals surface area contributed by atoms with Gasteiger partial charge in [0.05, 0.1) is 5.69 Å². The predicted octanol–water partition coefficient (Wildman–Crippen LogP) is 6.80. The molecule has 0 bridgehead atoms. The van der Waals surface area contributed by atoms with Crippen molar-refractivity contribution in [3.8, 4) is 21.7 Å². The van der Waals surface area contributed by atoms with Gasteiger partial charge in [0.15, 0.2) is 5.65 Å². The monoisotopic (exact) mass is 512 g/mol. The van der Waals surface area contributed by atoms with Crippen LogP contribution in [0, 0.1) is 12.8 Å². The molecule has 0 saturated heterocycles. The molecule has 7 heteroatoms. The lowest BCUT2D eigenvalue weighted by Gasteiger charge is -2.34. The number of carbonyl (C=O) groups is 1. The van der Waals surface area contributed by atoms with E-state index < -0.39 is 5.97 Å². The lowest BCUT2D eigenvalue weighted by Crippen LogP contribution is -2.31. The Bertz CT molecular complexity index is 1490. The second-order valence-electron chi connectivity index (χ2n) is 10.5. The predicted molar refractivity (Wildman–Crippen MR) is 149 cm³/mol. The maximum atomic E-state index is 12.4. The van der Waals surface area contributed by atoms with Crippen LogP contribution < -0.4 is 0 Å². The van der Waals surface area contributed by atoms with Crippen molar-refractivity contribution in [1.29, 1.82) is 0 Å². The van der Waals surface area contributed by atoms with Crippen molar-refractivity contribution in [3.63, 3.8) is 0 Å². The summed E-state index contributed by atoms with van der Waals surface area (Å²) in [6, 6.07) is 12.4. The summed E-state index contributed by atoms with van der Waals surface area (Å²) in [4.78, 5) is 20.7. The number of aromatic nitrogens is 3. The van der Waals surface area contributed by atoms with Crippen LogP contribution in [0.3, 0.4) is 0 Å². The smallest absolute Gasteiger partial charge is 0.346 e. The first-order valence-corrected chi connectivity index (χ1v) is 14.0. The summed E-state index contributed by atoms with van der Waals surface area (Å²) in [6.45, 7) is 3.92. The van der Waals surface area contributed by atoms with Gasteiger partial charge in [0, 0.05) is 47.6 Å². The van der Waals surface area contributed by atoms with E-state index in [0.717, 1.165) is 58.0 Å². The van der Waals surface area contributed by atoms with E-state index >= 15 is 0 Å². The van der Waals surface area contributed by atoms with Gasteiger partial charge < -0.3 is 10.0 Å². The van der Waals surface area contributed by atoms with E-state index in [1.54, 1.807) is 0 Å². The van der Waals surface area contributed by atoms with E-state index in [0.29, 0.717) is 10.8 Å². The van der Waals surface area contributed by atoms with E-state index in [9.17, 15) is 9.90 Å². The van der Waals surface area contributed by atoms with Gasteiger partial charge in [0.2, 0.25) is 0 Å². The van der Waals surface area contributed by atoms with E-state index in [2.05, 4.69) is 52.4 Å². The zero-order valence-corrected chi connectivity index (χ0v) is 22.2. The SMILES string of the molecule is Cc1cnc2cc(-c3ccc(-c4cc(C5=C(C6CCCCC6)CN(C)CC5)c(C(=O)O)s4)cc3)nn2c1. The van der Waals surface area contributed by atoms with Crippen LogP contribution in [0.25, 0.3) is 32.9 Å². The molecule has 0 spiro atoms. The first kappa shape index (κ1) is 24.1. The lowest BCUT2D eigenvalue weighted by atomic mass is 9.78. The minimum Gasteiger partial charge on any atom is -0.477 e. The Balaban J connectivity index is 1.36. The molecule has 190 valence electrons. The standard InChI is InChI=1S/C30H32N4O2S/c1-19-16-31-28-15-26(32-34(28)17-19)21-8-10-22(11-9-21)27-14-24(29(37-27)30(35)36)23-12-13-33(2)18-25(23)20-6-4-3-5-7-20/h8-11,14-17,20H,3-7,12-13,18H2,1-2H3,(H,35,36). The van der Waals surface area contributed by atoms with Gasteiger partial charge in [-0.3, -0.25) is 0 Å². The highest BCUT2D eigenvalue weighted by atomic mass is 32.1. The minimum atomic E-state index is -0.829. The molecule has 0 amide bonds. The van der Waals surface area contributed by atoms with Gasteiger partial charge in [0.1, 0.15) is 4.88 Å². The molecule has 6 rings (SSSR count). The third-order valence-corrected chi connectivity index (χ3v) is 9.00. The molecule has 1 aliphatic carbocycles. The van der Waals surface area contributed by atoms with Gasteiger partial charge in [0.25, 0.3) is 0 Å². The van der Waals surface area contributed by atoms with Crippen LogP contribution in [0.15, 0.2) is 54.4 Å². The van der Waals surface area contributed by atoms with Gasteiger partial charge in [-0.15, -0.1) is 11.3 Å². The summed E-state index contributed by atoms with van der Waals surface area (Å²) in [5, 5.41) is 14.8. The van der Waals surface area contributed by atoms with Crippen molar-refractivity contribution in [2.24, 2.45) is 5.92 Å². The third kappa shape index (κ3) is 4.74. The van der Waals surface area contributed by atoms with Crippen molar-refractivity contribution < 1.29 is 9.90 Å². The molecule has 2 aliphatic rings. The van der Waals surface area contributed by atoms with Gasteiger partial charge >= 0.3 is 5.97 Å². The number of aromatic carboxylic acids is 1. The number of rotatable bonds is 5. The minimum absolute atomic E-state index is 0.466. The Morgan fingerprint density at radius 3 is 2.59 bits per heavy atom. The van der Waals surface area contributed by atoms with E-state index in [1.165, 1.54) is 54.6 Å². The molecule has 1 aromatic carbocycles. The molecule has 37 heavy (non-hydrogen) atoms. The molecular formula is C30H32N4O2S. The Hall–Kier alpha value is -3.29. The number of carboxylic acids is 1. The number of fused-ring (bicyclic) bond motifs is 1. The molecule has 1 fully saturated rings. The highest BCUT2D eigenvalue weighted by Gasteiger charge is 2.29. The maximum absolute atomic E-state index is 12.4. The Kier molecular flexibility index (Phi) is 6.42. The number of likely N-dealkylation sites (N-methyl/N-ethyl adjacent to an activating group) is 1. The summed E-state index contributed by atoms with van der Waals surface area (Å²) in [5.74, 6) is -0.246. The number of nitrogens with zero attached hydrogens (tertiary/aromatic N) is 4. The molecule has 0 atom stereocenters. The summed E-state index contributed by atoms with van der Waals surface area (Å²) in [5.41, 5.74) is 8.50. The highest BCUT2D eigenvalue weighted by Crippen LogP contribution is 2.43. The van der Waals surface area contributed by atoms with E-state index in [-0.39, 0.29) is 0 Å². The first-order valence-electron chi connectivity index (χ1n) is 13.2. The van der Waals surface area contributed by atoms with Crippen LogP contribution in [-0.2, 0) is 0 Å². The molecule has 1 aliphatic heterocycles. The third-order valence-electron chi connectivity index (χ3n) is 7.83. The zero-order chi connectivity index (χ0) is 25.5. The molecule has 1 N–H and O–H groups in total. The number of aryl methyl sites for hydroxylation is 1.